The molecule has 0 bridgehead atoms. The summed E-state index contributed by atoms with van der Waals surface area (Å²) < 4.78 is 6.32. The molecule has 50 heavy (non-hydrogen) atoms. The summed E-state index contributed by atoms with van der Waals surface area (Å²) in [5.41, 5.74) is 6.53. The molecule has 13 heteroatoms. The van der Waals surface area contributed by atoms with E-state index in [-0.39, 0.29) is 11.8 Å². The van der Waals surface area contributed by atoms with E-state index in [0.717, 1.165) is 39.7 Å². The van der Waals surface area contributed by atoms with Crippen molar-refractivity contribution in [3.05, 3.63) is 78.8 Å². The zero-order chi connectivity index (χ0) is 35.3. The molecule has 0 spiro atoms. The van der Waals surface area contributed by atoms with Crippen LogP contribution in [0.1, 0.15) is 32.3 Å². The SMILES string of the molecule is CC.COc1cc(-c2n[nH]c3ccc(NC(=O)[C@]4(SC)CCN(CC(=O)N5CC=C(c6ccc(-c7ncn(C)n7)cc6)CC5)C4)cc23)ccn1. The summed E-state index contributed by atoms with van der Waals surface area (Å²) in [5.74, 6) is 1.23. The van der Waals surface area contributed by atoms with Crippen molar-refractivity contribution in [2.45, 2.75) is 31.4 Å². The van der Waals surface area contributed by atoms with Crippen molar-refractivity contribution in [1.29, 1.82) is 0 Å². The molecule has 2 N–H and O–H groups in total. The monoisotopic (exact) mass is 693 g/mol. The highest BCUT2D eigenvalue weighted by atomic mass is 32.2. The lowest BCUT2D eigenvalue weighted by Crippen LogP contribution is -2.45. The van der Waals surface area contributed by atoms with Crippen molar-refractivity contribution < 1.29 is 14.3 Å². The number of likely N-dealkylation sites (tertiary alicyclic amines) is 1. The van der Waals surface area contributed by atoms with Gasteiger partial charge >= 0.3 is 0 Å². The lowest BCUT2D eigenvalue weighted by molar-refractivity contribution is -0.132. The van der Waals surface area contributed by atoms with E-state index < -0.39 is 4.75 Å². The summed E-state index contributed by atoms with van der Waals surface area (Å²) in [7, 11) is 3.43. The quantitative estimate of drug-likeness (QED) is 0.205. The van der Waals surface area contributed by atoms with Crippen LogP contribution in [0.3, 0.4) is 0 Å². The molecular formula is C37H43N9O3S. The average molecular weight is 694 g/mol. The van der Waals surface area contributed by atoms with Crippen LogP contribution in [0, 0.1) is 0 Å². The van der Waals surface area contributed by atoms with Crippen LogP contribution in [0.4, 0.5) is 5.69 Å². The van der Waals surface area contributed by atoms with Gasteiger partial charge in [-0.05, 0) is 54.5 Å². The van der Waals surface area contributed by atoms with Crippen LogP contribution in [-0.4, -0.2) is 102 Å². The molecule has 2 aliphatic rings. The van der Waals surface area contributed by atoms with E-state index >= 15 is 0 Å². The van der Waals surface area contributed by atoms with Gasteiger partial charge in [-0.15, -0.1) is 11.8 Å². The molecule has 12 nitrogen and oxygen atoms in total. The minimum atomic E-state index is -0.654. The fourth-order valence-electron chi connectivity index (χ4n) is 6.42. The minimum Gasteiger partial charge on any atom is -0.481 e. The second-order valence-electron chi connectivity index (χ2n) is 12.2. The van der Waals surface area contributed by atoms with E-state index in [1.165, 1.54) is 5.57 Å². The van der Waals surface area contributed by atoms with Crippen molar-refractivity contribution in [2.75, 3.05) is 51.4 Å². The number of methoxy groups -OCH3 is 1. The average Bonchev–Trinajstić information content (AvgIpc) is 3.91. The van der Waals surface area contributed by atoms with Crippen molar-refractivity contribution in [1.82, 2.24) is 39.7 Å². The maximum Gasteiger partial charge on any atom is 0.241 e. The number of aromatic nitrogens is 6. The number of nitrogens with one attached hydrogen (secondary N) is 2. The number of aryl methyl sites for hydroxylation is 1. The molecule has 2 aliphatic heterocycles. The van der Waals surface area contributed by atoms with Gasteiger partial charge in [0.15, 0.2) is 5.82 Å². The van der Waals surface area contributed by atoms with E-state index in [0.29, 0.717) is 56.5 Å². The number of H-pyrrole nitrogens is 1. The first-order chi connectivity index (χ1) is 24.3. The molecular weight excluding hydrogens is 651 g/mol. The Labute approximate surface area is 296 Å². The third-order valence-electron chi connectivity index (χ3n) is 9.19. The Morgan fingerprint density at radius 2 is 1.82 bits per heavy atom. The van der Waals surface area contributed by atoms with Gasteiger partial charge in [0.2, 0.25) is 17.7 Å². The molecule has 1 atom stereocenters. The van der Waals surface area contributed by atoms with E-state index in [4.69, 9.17) is 4.74 Å². The van der Waals surface area contributed by atoms with Gasteiger partial charge < -0.3 is 15.0 Å². The smallest absolute Gasteiger partial charge is 0.241 e. The molecule has 1 saturated heterocycles. The number of aromatic amines is 1. The summed E-state index contributed by atoms with van der Waals surface area (Å²) in [6.07, 6.45) is 8.94. The van der Waals surface area contributed by atoms with Crippen molar-refractivity contribution in [3.63, 3.8) is 0 Å². The first kappa shape index (κ1) is 34.8. The van der Waals surface area contributed by atoms with E-state index in [1.54, 1.807) is 36.1 Å². The number of hydrogen-bond donors (Lipinski definition) is 2. The van der Waals surface area contributed by atoms with Crippen LogP contribution in [0.5, 0.6) is 5.88 Å². The first-order valence-corrected chi connectivity index (χ1v) is 18.1. The normalized spacial score (nSPS) is 17.6. The predicted molar refractivity (Wildman–Crippen MR) is 199 cm³/mol. The highest BCUT2D eigenvalue weighted by Gasteiger charge is 2.44. The van der Waals surface area contributed by atoms with Gasteiger partial charge in [0.1, 0.15) is 16.8 Å². The van der Waals surface area contributed by atoms with E-state index in [9.17, 15) is 9.59 Å². The second-order valence-corrected chi connectivity index (χ2v) is 13.4. The number of thioether (sulfide) groups is 1. The number of carbonyl (C=O) groups is 2. The molecule has 0 unspecified atom stereocenters. The van der Waals surface area contributed by atoms with Gasteiger partial charge in [0.25, 0.3) is 0 Å². The Kier molecular flexibility index (Phi) is 10.6. The Bertz CT molecular complexity index is 2000. The molecule has 0 saturated carbocycles. The zero-order valence-corrected chi connectivity index (χ0v) is 30.0. The Morgan fingerprint density at radius 1 is 1.02 bits per heavy atom. The molecule has 7 rings (SSSR count). The Balaban J connectivity index is 0.00000212. The largest absolute Gasteiger partial charge is 0.481 e. The van der Waals surface area contributed by atoms with Gasteiger partial charge in [-0.3, -0.25) is 24.3 Å². The summed E-state index contributed by atoms with van der Waals surface area (Å²) >= 11 is 1.55. The fraction of sp³-hybridized carbons (Fsp3) is 0.351. The molecule has 5 aromatic rings. The number of fused-ring (bicyclic) bond motifs is 1. The van der Waals surface area contributed by atoms with Crippen LogP contribution in [0.2, 0.25) is 0 Å². The lowest BCUT2D eigenvalue weighted by atomic mass is 9.98. The van der Waals surface area contributed by atoms with Crippen LogP contribution in [0.25, 0.3) is 39.1 Å². The molecule has 3 aromatic heterocycles. The Morgan fingerprint density at radius 3 is 2.52 bits per heavy atom. The fourth-order valence-corrected chi connectivity index (χ4v) is 7.26. The van der Waals surface area contributed by atoms with Gasteiger partial charge in [0, 0.05) is 67.7 Å². The van der Waals surface area contributed by atoms with E-state index in [2.05, 4.69) is 53.7 Å². The molecule has 0 aliphatic carbocycles. The summed E-state index contributed by atoms with van der Waals surface area (Å²) in [6.45, 7) is 6.73. The van der Waals surface area contributed by atoms with Gasteiger partial charge in [-0.2, -0.15) is 10.2 Å². The Hall–Kier alpha value is -5.01. The summed E-state index contributed by atoms with van der Waals surface area (Å²) in [4.78, 5) is 39.7. The number of hydrogen-bond acceptors (Lipinski definition) is 9. The molecule has 2 aromatic carbocycles. The lowest BCUT2D eigenvalue weighted by Gasteiger charge is -2.29. The van der Waals surface area contributed by atoms with Crippen molar-refractivity contribution >= 4 is 45.7 Å². The van der Waals surface area contributed by atoms with Crippen molar-refractivity contribution in [2.24, 2.45) is 7.05 Å². The standard InChI is InChI=1S/C35H37N9O3S.C2H6/c1-42-22-37-33(41-42)25-6-4-23(5-7-25)24-11-15-44(16-12-24)31(45)20-43-17-13-35(21-43,48-3)34(46)38-27-8-9-29-28(19-27)32(40-39-29)26-10-14-36-30(18-26)47-2;1-2/h4-11,14,18-19,22H,12-13,15-17,20-21H2,1-3H3,(H,38,46)(H,39,40);1-2H3/t35-;/m0./s1. The second kappa shape index (κ2) is 15.3. The third-order valence-corrected chi connectivity index (χ3v) is 10.5. The predicted octanol–water partition coefficient (Wildman–Crippen LogP) is 5.52. The van der Waals surface area contributed by atoms with Gasteiger partial charge in [-0.1, -0.05) is 44.2 Å². The molecule has 5 heterocycles. The molecule has 2 amide bonds. The molecule has 0 radical (unpaired) electrons. The van der Waals surface area contributed by atoms with Crippen LogP contribution >= 0.6 is 11.8 Å². The van der Waals surface area contributed by atoms with Crippen LogP contribution < -0.4 is 10.1 Å². The van der Waals surface area contributed by atoms with E-state index in [1.807, 2.05) is 74.5 Å². The first-order valence-electron chi connectivity index (χ1n) is 16.8. The topological polar surface area (TPSA) is 134 Å². The number of ether oxygens (including phenoxy) is 1. The number of nitrogens with zero attached hydrogens (tertiary/aromatic N) is 7. The maximum absolute atomic E-state index is 13.8. The van der Waals surface area contributed by atoms with Gasteiger partial charge in [0.05, 0.1) is 19.2 Å². The molecule has 260 valence electrons. The van der Waals surface area contributed by atoms with Crippen LogP contribution in [0.15, 0.2) is 73.2 Å². The molecule has 1 fully saturated rings. The number of pyridine rings is 1. The number of anilines is 1. The highest BCUT2D eigenvalue weighted by molar-refractivity contribution is 8.00. The minimum absolute atomic E-state index is 0.0599. The number of rotatable bonds is 9. The third kappa shape index (κ3) is 7.29. The number of carbonyl (C=O) groups excluding carboxylic acids is 2. The summed E-state index contributed by atoms with van der Waals surface area (Å²) in [6, 6.07) is 17.7. The maximum atomic E-state index is 13.8. The van der Waals surface area contributed by atoms with Gasteiger partial charge in [-0.25, -0.2) is 9.97 Å². The van der Waals surface area contributed by atoms with Crippen LogP contribution in [-0.2, 0) is 16.6 Å². The van der Waals surface area contributed by atoms with Crippen molar-refractivity contribution in [3.8, 4) is 28.5 Å². The number of benzene rings is 2. The number of amides is 2. The zero-order valence-electron chi connectivity index (χ0n) is 29.1. The summed E-state index contributed by atoms with van der Waals surface area (Å²) in [5, 5.41) is 16.0. The highest BCUT2D eigenvalue weighted by Crippen LogP contribution is 2.36.